The Labute approximate surface area is 109 Å². The largest absolute Gasteiger partial charge is 0.350 e. The molecule has 1 heterocycles. The molecule has 0 aliphatic rings. The number of carbonyl (C=O) groups is 1. The Bertz CT molecular complexity index is 582. The lowest BCUT2D eigenvalue weighted by Gasteiger charge is -2.21. The monoisotopic (exact) mass is 267 g/mol. The summed E-state index contributed by atoms with van der Waals surface area (Å²) in [4.78, 5) is 10.9. The number of benzene rings is 1. The zero-order valence-corrected chi connectivity index (χ0v) is 10.6. The van der Waals surface area contributed by atoms with Crippen LogP contribution in [-0.4, -0.2) is 26.9 Å². The lowest BCUT2D eigenvalue weighted by molar-refractivity contribution is -0.0733. The van der Waals surface area contributed by atoms with Crippen molar-refractivity contribution in [2.75, 3.05) is 0 Å². The minimum atomic E-state index is -0.870. The first-order valence-electron chi connectivity index (χ1n) is 5.51. The van der Waals surface area contributed by atoms with Crippen molar-refractivity contribution < 1.29 is 10.0 Å². The van der Waals surface area contributed by atoms with Gasteiger partial charge in [-0.2, -0.15) is 0 Å². The summed E-state index contributed by atoms with van der Waals surface area (Å²) in [5.74, 6) is 0. The summed E-state index contributed by atoms with van der Waals surface area (Å²) in [5, 5.41) is 11.5. The highest BCUT2D eigenvalue weighted by Gasteiger charge is 2.17. The number of nitrogens with two attached hydrogens (primary N) is 1. The van der Waals surface area contributed by atoms with Crippen molar-refractivity contribution in [2.45, 2.75) is 19.5 Å². The molecule has 2 amide bonds. The van der Waals surface area contributed by atoms with Crippen LogP contribution in [0.15, 0.2) is 30.5 Å². The second-order valence-electron chi connectivity index (χ2n) is 4.18. The molecule has 2 aromatic rings. The Morgan fingerprint density at radius 3 is 2.89 bits per heavy atom. The second-order valence-corrected chi connectivity index (χ2v) is 4.59. The molecular weight excluding hydrogens is 254 g/mol. The fourth-order valence-electron chi connectivity index (χ4n) is 1.93. The van der Waals surface area contributed by atoms with Gasteiger partial charge >= 0.3 is 6.03 Å². The van der Waals surface area contributed by atoms with Crippen molar-refractivity contribution in [3.63, 3.8) is 0 Å². The molecule has 0 saturated carbocycles. The fourth-order valence-corrected chi connectivity index (χ4v) is 2.21. The minimum absolute atomic E-state index is 0.409. The molecule has 2 rings (SSSR count). The summed E-state index contributed by atoms with van der Waals surface area (Å²) in [6.45, 7) is 2.11. The number of hydrogen-bond acceptors (Lipinski definition) is 2. The number of aromatic nitrogens is 1. The van der Waals surface area contributed by atoms with Gasteiger partial charge in [-0.25, -0.2) is 9.86 Å². The van der Waals surface area contributed by atoms with Gasteiger partial charge in [-0.1, -0.05) is 29.8 Å². The first-order chi connectivity index (χ1) is 8.50. The number of halogens is 1. The molecule has 0 spiro atoms. The van der Waals surface area contributed by atoms with Crippen LogP contribution in [0, 0.1) is 0 Å². The maximum atomic E-state index is 10.9. The topological polar surface area (TPSA) is 71.5 Å². The van der Waals surface area contributed by atoms with E-state index in [4.69, 9.17) is 17.3 Å². The number of rotatable bonds is 3. The average Bonchev–Trinajstić information content (AvgIpc) is 2.66. The van der Waals surface area contributed by atoms with Crippen LogP contribution >= 0.6 is 11.6 Å². The van der Waals surface area contributed by atoms with E-state index in [0.29, 0.717) is 16.6 Å². The quantitative estimate of drug-likeness (QED) is 0.662. The molecule has 0 bridgehead atoms. The van der Waals surface area contributed by atoms with Crippen LogP contribution in [0.3, 0.4) is 0 Å². The van der Waals surface area contributed by atoms with E-state index in [2.05, 4.69) is 0 Å². The lowest BCUT2D eigenvalue weighted by Crippen LogP contribution is -2.41. The van der Waals surface area contributed by atoms with Gasteiger partial charge < -0.3 is 10.3 Å². The van der Waals surface area contributed by atoms with E-state index >= 15 is 0 Å². The van der Waals surface area contributed by atoms with E-state index in [-0.39, 0.29) is 0 Å². The van der Waals surface area contributed by atoms with E-state index in [1.165, 1.54) is 0 Å². The van der Waals surface area contributed by atoms with Crippen molar-refractivity contribution >= 4 is 28.5 Å². The lowest BCUT2D eigenvalue weighted by atomic mass is 10.2. The zero-order chi connectivity index (χ0) is 13.3. The molecule has 3 N–H and O–H groups in total. The SMILES string of the molecule is CC(Cn1cc(Cl)c2ccccc21)N(O)C(N)=O. The summed E-state index contributed by atoms with van der Waals surface area (Å²) in [6.07, 6.45) is 1.78. The van der Waals surface area contributed by atoms with Crippen molar-refractivity contribution in [1.82, 2.24) is 9.63 Å². The highest BCUT2D eigenvalue weighted by atomic mass is 35.5. The van der Waals surface area contributed by atoms with Crippen LogP contribution in [-0.2, 0) is 6.54 Å². The van der Waals surface area contributed by atoms with Crippen LogP contribution in [0.5, 0.6) is 0 Å². The number of para-hydroxylation sites is 1. The third kappa shape index (κ3) is 2.27. The Morgan fingerprint density at radius 2 is 2.22 bits per heavy atom. The highest BCUT2D eigenvalue weighted by molar-refractivity contribution is 6.35. The molecule has 1 aromatic heterocycles. The summed E-state index contributed by atoms with van der Waals surface area (Å²) < 4.78 is 1.88. The number of hydrogen-bond donors (Lipinski definition) is 2. The average molecular weight is 268 g/mol. The van der Waals surface area contributed by atoms with Crippen molar-refractivity contribution in [2.24, 2.45) is 5.73 Å². The minimum Gasteiger partial charge on any atom is -0.350 e. The molecule has 1 aromatic carbocycles. The fraction of sp³-hybridized carbons (Fsp3) is 0.250. The van der Waals surface area contributed by atoms with Crippen LogP contribution in [0.25, 0.3) is 10.9 Å². The number of amides is 2. The molecule has 0 radical (unpaired) electrons. The maximum absolute atomic E-state index is 10.9. The third-order valence-electron chi connectivity index (χ3n) is 2.84. The first-order valence-corrected chi connectivity index (χ1v) is 5.89. The van der Waals surface area contributed by atoms with Gasteiger partial charge in [-0.05, 0) is 13.0 Å². The van der Waals surface area contributed by atoms with Gasteiger partial charge in [-0.15, -0.1) is 0 Å². The van der Waals surface area contributed by atoms with Crippen LogP contribution in [0.1, 0.15) is 6.92 Å². The predicted octanol–water partition coefficient (Wildman–Crippen LogP) is 2.45. The number of hydroxylamine groups is 2. The molecule has 5 nitrogen and oxygen atoms in total. The maximum Gasteiger partial charge on any atom is 0.338 e. The summed E-state index contributed by atoms with van der Waals surface area (Å²) in [5.41, 5.74) is 5.96. The predicted molar refractivity (Wildman–Crippen MR) is 69.6 cm³/mol. The van der Waals surface area contributed by atoms with Crippen LogP contribution < -0.4 is 5.73 Å². The first kappa shape index (κ1) is 12.7. The second kappa shape index (κ2) is 4.88. The third-order valence-corrected chi connectivity index (χ3v) is 3.15. The molecule has 1 unspecified atom stereocenters. The molecule has 0 aliphatic carbocycles. The van der Waals surface area contributed by atoms with E-state index in [1.54, 1.807) is 13.1 Å². The van der Waals surface area contributed by atoms with Gasteiger partial charge in [0.1, 0.15) is 0 Å². The Kier molecular flexibility index (Phi) is 3.45. The van der Waals surface area contributed by atoms with Gasteiger partial charge in [0.15, 0.2) is 0 Å². The Balaban J connectivity index is 2.30. The molecule has 0 saturated heterocycles. The number of nitrogens with zero attached hydrogens (tertiary/aromatic N) is 2. The Hall–Kier alpha value is -1.72. The number of fused-ring (bicyclic) bond motifs is 1. The van der Waals surface area contributed by atoms with Gasteiger partial charge in [0, 0.05) is 23.6 Å². The normalized spacial score (nSPS) is 12.6. The molecule has 6 heteroatoms. The standard InChI is InChI=1S/C12H14ClN3O2/c1-8(16(18)12(14)17)6-15-7-10(13)9-4-2-3-5-11(9)15/h2-5,7-8,18H,6H2,1H3,(H2,14,17). The van der Waals surface area contributed by atoms with Gasteiger partial charge in [0.2, 0.25) is 0 Å². The van der Waals surface area contributed by atoms with E-state index in [9.17, 15) is 10.0 Å². The summed E-state index contributed by atoms with van der Waals surface area (Å²) in [6, 6.07) is 6.36. The van der Waals surface area contributed by atoms with E-state index in [0.717, 1.165) is 10.9 Å². The van der Waals surface area contributed by atoms with Crippen molar-refractivity contribution in [3.8, 4) is 0 Å². The number of urea groups is 1. The highest BCUT2D eigenvalue weighted by Crippen LogP contribution is 2.25. The summed E-state index contributed by atoms with van der Waals surface area (Å²) in [7, 11) is 0. The number of primary amides is 1. The summed E-state index contributed by atoms with van der Waals surface area (Å²) >= 11 is 6.11. The zero-order valence-electron chi connectivity index (χ0n) is 9.88. The van der Waals surface area contributed by atoms with Crippen molar-refractivity contribution in [3.05, 3.63) is 35.5 Å². The van der Waals surface area contributed by atoms with Crippen molar-refractivity contribution in [1.29, 1.82) is 0 Å². The van der Waals surface area contributed by atoms with Crippen LogP contribution in [0.4, 0.5) is 4.79 Å². The van der Waals surface area contributed by atoms with Crippen LogP contribution in [0.2, 0.25) is 5.02 Å². The molecule has 18 heavy (non-hydrogen) atoms. The van der Waals surface area contributed by atoms with Gasteiger partial charge in [0.05, 0.1) is 11.1 Å². The smallest absolute Gasteiger partial charge is 0.338 e. The number of carbonyl (C=O) groups excluding carboxylic acids is 1. The molecule has 0 fully saturated rings. The van der Waals surface area contributed by atoms with Gasteiger partial charge in [0.25, 0.3) is 0 Å². The van der Waals surface area contributed by atoms with E-state index < -0.39 is 12.1 Å². The Morgan fingerprint density at radius 1 is 1.56 bits per heavy atom. The molecule has 96 valence electrons. The molecule has 1 atom stereocenters. The van der Waals surface area contributed by atoms with Gasteiger partial charge in [-0.3, -0.25) is 5.21 Å². The van der Waals surface area contributed by atoms with E-state index in [1.807, 2.05) is 28.8 Å². The molecule has 0 aliphatic heterocycles. The molecular formula is C12H14ClN3O2.